The monoisotopic (exact) mass is 233 g/mol. The molecule has 94 valence electrons. The second kappa shape index (κ2) is 5.41. The molecule has 1 aliphatic heterocycles. The summed E-state index contributed by atoms with van der Waals surface area (Å²) in [5.41, 5.74) is 8.80. The molecule has 0 radical (unpaired) electrons. The quantitative estimate of drug-likeness (QED) is 0.864. The zero-order valence-corrected chi connectivity index (χ0v) is 10.9. The van der Waals surface area contributed by atoms with Gasteiger partial charge in [0.25, 0.3) is 0 Å². The first kappa shape index (κ1) is 12.2. The Labute approximate surface area is 104 Å². The molecule has 0 bridgehead atoms. The molecule has 0 saturated heterocycles. The maximum Gasteiger partial charge on any atom is 0.0605 e. The summed E-state index contributed by atoms with van der Waals surface area (Å²) in [5, 5.41) is 0. The molecule has 0 aliphatic carbocycles. The minimum atomic E-state index is 0.288. The molecular weight excluding hydrogens is 210 g/mol. The maximum atomic E-state index is 6.15. The van der Waals surface area contributed by atoms with Crippen molar-refractivity contribution in [1.82, 2.24) is 0 Å². The van der Waals surface area contributed by atoms with E-state index in [1.54, 1.807) is 0 Å². The van der Waals surface area contributed by atoms with Gasteiger partial charge in [0.15, 0.2) is 0 Å². The zero-order valence-electron chi connectivity index (χ0n) is 10.9. The van der Waals surface area contributed by atoms with E-state index in [2.05, 4.69) is 48.0 Å². The van der Waals surface area contributed by atoms with Gasteiger partial charge in [0.05, 0.1) is 11.4 Å². The molecule has 1 heterocycles. The van der Waals surface area contributed by atoms with Gasteiger partial charge in [-0.05, 0) is 18.6 Å². The third kappa shape index (κ3) is 2.72. The van der Waals surface area contributed by atoms with E-state index in [-0.39, 0.29) is 6.04 Å². The molecule has 0 saturated carbocycles. The van der Waals surface area contributed by atoms with Gasteiger partial charge in [-0.3, -0.25) is 0 Å². The summed E-state index contributed by atoms with van der Waals surface area (Å²) in [6.45, 7) is 5.32. The third-order valence-electron chi connectivity index (χ3n) is 3.45. The summed E-state index contributed by atoms with van der Waals surface area (Å²) >= 11 is 0. The van der Waals surface area contributed by atoms with Gasteiger partial charge in [-0.2, -0.15) is 0 Å². The van der Waals surface area contributed by atoms with Crippen LogP contribution in [-0.2, 0) is 0 Å². The average Bonchev–Trinajstić information content (AvgIpc) is 2.34. The van der Waals surface area contributed by atoms with Gasteiger partial charge in [-0.1, -0.05) is 25.5 Å². The summed E-state index contributed by atoms with van der Waals surface area (Å²) in [7, 11) is 2.15. The summed E-state index contributed by atoms with van der Waals surface area (Å²) in [4.78, 5) is 4.74. The Kier molecular flexibility index (Phi) is 3.89. The Balaban J connectivity index is 2.13. The Bertz CT molecular complexity index is 364. The first-order chi connectivity index (χ1) is 8.22. The smallest absolute Gasteiger partial charge is 0.0605 e. The Hall–Kier alpha value is -1.22. The van der Waals surface area contributed by atoms with Crippen molar-refractivity contribution < 1.29 is 0 Å². The fraction of sp³-hybridized carbons (Fsp3) is 0.571. The highest BCUT2D eigenvalue weighted by molar-refractivity contribution is 5.73. The summed E-state index contributed by atoms with van der Waals surface area (Å²) < 4.78 is 0. The van der Waals surface area contributed by atoms with Crippen LogP contribution in [0.5, 0.6) is 0 Å². The summed E-state index contributed by atoms with van der Waals surface area (Å²) in [6.07, 6.45) is 2.27. The molecule has 0 fully saturated rings. The lowest BCUT2D eigenvalue weighted by Gasteiger charge is -2.38. The molecule has 3 nitrogen and oxygen atoms in total. The highest BCUT2D eigenvalue weighted by Gasteiger charge is 2.20. The molecule has 17 heavy (non-hydrogen) atoms. The maximum absolute atomic E-state index is 6.15. The first-order valence-electron chi connectivity index (χ1n) is 6.53. The summed E-state index contributed by atoms with van der Waals surface area (Å²) in [6, 6.07) is 8.88. The van der Waals surface area contributed by atoms with Crippen LogP contribution in [0.15, 0.2) is 24.3 Å². The number of anilines is 2. The minimum absolute atomic E-state index is 0.288. The number of para-hydroxylation sites is 2. The van der Waals surface area contributed by atoms with Crippen molar-refractivity contribution in [3.63, 3.8) is 0 Å². The number of benzene rings is 1. The molecule has 0 aromatic heterocycles. The second-order valence-corrected chi connectivity index (χ2v) is 4.91. The van der Waals surface area contributed by atoms with Crippen molar-refractivity contribution in [1.29, 1.82) is 0 Å². The standard InChI is InChI=1S/C14H23N3/c1-3-6-12(15)11-17-10-9-16(2)13-7-4-5-8-14(13)17/h4-5,7-8,12H,3,6,9-11,15H2,1-2H3. The lowest BCUT2D eigenvalue weighted by atomic mass is 10.1. The van der Waals surface area contributed by atoms with Gasteiger partial charge >= 0.3 is 0 Å². The van der Waals surface area contributed by atoms with Crippen LogP contribution in [0.3, 0.4) is 0 Å². The van der Waals surface area contributed by atoms with Crippen LogP contribution in [0.1, 0.15) is 19.8 Å². The largest absolute Gasteiger partial charge is 0.371 e. The molecule has 1 aromatic carbocycles. The predicted octanol–water partition coefficient (Wildman–Crippen LogP) is 2.07. The fourth-order valence-electron chi connectivity index (χ4n) is 2.50. The van der Waals surface area contributed by atoms with Gasteiger partial charge in [-0.15, -0.1) is 0 Å². The SMILES string of the molecule is CCCC(N)CN1CCN(C)c2ccccc21. The predicted molar refractivity (Wildman–Crippen MR) is 74.8 cm³/mol. The number of hydrogen-bond donors (Lipinski definition) is 1. The van der Waals surface area contributed by atoms with E-state index in [0.717, 1.165) is 32.5 Å². The molecule has 3 heteroatoms. The van der Waals surface area contributed by atoms with Crippen molar-refractivity contribution in [3.05, 3.63) is 24.3 Å². The first-order valence-corrected chi connectivity index (χ1v) is 6.53. The van der Waals surface area contributed by atoms with E-state index >= 15 is 0 Å². The van der Waals surface area contributed by atoms with Crippen molar-refractivity contribution >= 4 is 11.4 Å². The molecule has 1 unspecified atom stereocenters. The topological polar surface area (TPSA) is 32.5 Å². The summed E-state index contributed by atoms with van der Waals surface area (Å²) in [5.74, 6) is 0. The normalized spacial score (nSPS) is 16.9. The van der Waals surface area contributed by atoms with Crippen LogP contribution >= 0.6 is 0 Å². The van der Waals surface area contributed by atoms with E-state index in [9.17, 15) is 0 Å². The van der Waals surface area contributed by atoms with E-state index in [1.807, 2.05) is 0 Å². The van der Waals surface area contributed by atoms with Crippen molar-refractivity contribution in [2.24, 2.45) is 5.73 Å². The molecule has 0 amide bonds. The van der Waals surface area contributed by atoms with Crippen LogP contribution < -0.4 is 15.5 Å². The molecule has 1 atom stereocenters. The van der Waals surface area contributed by atoms with Crippen LogP contribution in [0.2, 0.25) is 0 Å². The number of hydrogen-bond acceptors (Lipinski definition) is 3. The number of fused-ring (bicyclic) bond motifs is 1. The minimum Gasteiger partial charge on any atom is -0.371 e. The molecular formula is C14H23N3. The molecule has 2 rings (SSSR count). The lowest BCUT2D eigenvalue weighted by Crippen LogP contribution is -2.44. The van der Waals surface area contributed by atoms with Gasteiger partial charge in [-0.25, -0.2) is 0 Å². The Morgan fingerprint density at radius 1 is 1.24 bits per heavy atom. The van der Waals surface area contributed by atoms with Gasteiger partial charge in [0.1, 0.15) is 0 Å². The van der Waals surface area contributed by atoms with Crippen LogP contribution in [0.4, 0.5) is 11.4 Å². The van der Waals surface area contributed by atoms with Crippen LogP contribution in [-0.4, -0.2) is 32.7 Å². The number of rotatable bonds is 4. The lowest BCUT2D eigenvalue weighted by molar-refractivity contribution is 0.575. The molecule has 1 aromatic rings. The highest BCUT2D eigenvalue weighted by Crippen LogP contribution is 2.31. The van der Waals surface area contributed by atoms with Crippen LogP contribution in [0, 0.1) is 0 Å². The molecule has 1 aliphatic rings. The molecule has 0 spiro atoms. The number of nitrogens with zero attached hydrogens (tertiary/aromatic N) is 2. The highest BCUT2D eigenvalue weighted by atomic mass is 15.3. The van der Waals surface area contributed by atoms with E-state index in [1.165, 1.54) is 11.4 Å². The van der Waals surface area contributed by atoms with Crippen molar-refractivity contribution in [3.8, 4) is 0 Å². The second-order valence-electron chi connectivity index (χ2n) is 4.91. The van der Waals surface area contributed by atoms with E-state index in [0.29, 0.717) is 0 Å². The fourth-order valence-corrected chi connectivity index (χ4v) is 2.50. The van der Waals surface area contributed by atoms with Crippen molar-refractivity contribution in [2.45, 2.75) is 25.8 Å². The van der Waals surface area contributed by atoms with Gasteiger partial charge in [0, 0.05) is 32.7 Å². The average molecular weight is 233 g/mol. The third-order valence-corrected chi connectivity index (χ3v) is 3.45. The van der Waals surface area contributed by atoms with Crippen LogP contribution in [0.25, 0.3) is 0 Å². The van der Waals surface area contributed by atoms with Gasteiger partial charge < -0.3 is 15.5 Å². The number of nitrogens with two attached hydrogens (primary N) is 1. The van der Waals surface area contributed by atoms with Gasteiger partial charge in [0.2, 0.25) is 0 Å². The van der Waals surface area contributed by atoms with Crippen molar-refractivity contribution in [2.75, 3.05) is 36.5 Å². The molecule has 2 N–H and O–H groups in total. The Morgan fingerprint density at radius 3 is 2.65 bits per heavy atom. The number of likely N-dealkylation sites (N-methyl/N-ethyl adjacent to an activating group) is 1. The zero-order chi connectivity index (χ0) is 12.3. The Morgan fingerprint density at radius 2 is 1.94 bits per heavy atom. The van der Waals surface area contributed by atoms with E-state index in [4.69, 9.17) is 5.73 Å². The van der Waals surface area contributed by atoms with E-state index < -0.39 is 0 Å².